The molecule has 0 unspecified atom stereocenters. The number of hydrogen-bond donors (Lipinski definition) is 2. The van der Waals surface area contributed by atoms with E-state index in [0.717, 1.165) is 38.6 Å². The highest BCUT2D eigenvalue weighted by molar-refractivity contribution is 5.78. The van der Waals surface area contributed by atoms with Crippen LogP contribution < -0.4 is 5.32 Å². The van der Waals surface area contributed by atoms with Crippen LogP contribution in [0.1, 0.15) is 46.0 Å². The zero-order chi connectivity index (χ0) is 12.0. The van der Waals surface area contributed by atoms with Crippen molar-refractivity contribution in [1.29, 1.82) is 0 Å². The van der Waals surface area contributed by atoms with E-state index in [4.69, 9.17) is 5.11 Å². The average molecular weight is 227 g/mol. The molecule has 0 aromatic heterocycles. The Morgan fingerprint density at radius 3 is 2.44 bits per heavy atom. The molecular weight excluding hydrogens is 202 g/mol. The molecule has 0 saturated heterocycles. The Bertz CT molecular complexity index is 208. The van der Waals surface area contributed by atoms with Crippen LogP contribution in [0.3, 0.4) is 0 Å². The van der Waals surface area contributed by atoms with Crippen LogP contribution in [0.15, 0.2) is 0 Å². The summed E-state index contributed by atoms with van der Waals surface area (Å²) in [6, 6.07) is 0. The topological polar surface area (TPSA) is 49.3 Å². The van der Waals surface area contributed by atoms with Crippen LogP contribution >= 0.6 is 0 Å². The van der Waals surface area contributed by atoms with Crippen LogP contribution in [0.25, 0.3) is 0 Å². The van der Waals surface area contributed by atoms with Crippen LogP contribution in [0.5, 0.6) is 0 Å². The standard InChI is InChI=1S/C13H25NO2/c1-10(2)9-14-13(16)12-5-3-11(4-6-12)7-8-15/h10-12,15H,3-9H2,1-2H3,(H,14,16). The van der Waals surface area contributed by atoms with Crippen LogP contribution in [-0.2, 0) is 4.79 Å². The van der Waals surface area contributed by atoms with Gasteiger partial charge in [0, 0.05) is 19.1 Å². The van der Waals surface area contributed by atoms with Crippen molar-refractivity contribution >= 4 is 5.91 Å². The van der Waals surface area contributed by atoms with Gasteiger partial charge < -0.3 is 10.4 Å². The maximum Gasteiger partial charge on any atom is 0.223 e. The SMILES string of the molecule is CC(C)CNC(=O)C1CCC(CCO)CC1. The summed E-state index contributed by atoms with van der Waals surface area (Å²) in [5, 5.41) is 11.9. The van der Waals surface area contributed by atoms with Gasteiger partial charge in [0.15, 0.2) is 0 Å². The van der Waals surface area contributed by atoms with E-state index in [9.17, 15) is 4.79 Å². The lowest BCUT2D eigenvalue weighted by Crippen LogP contribution is -2.35. The number of hydrogen-bond acceptors (Lipinski definition) is 2. The first-order valence-corrected chi connectivity index (χ1v) is 6.52. The minimum atomic E-state index is 0.216. The zero-order valence-corrected chi connectivity index (χ0v) is 10.5. The molecule has 0 spiro atoms. The van der Waals surface area contributed by atoms with Crippen molar-refractivity contribution in [3.8, 4) is 0 Å². The molecule has 1 fully saturated rings. The van der Waals surface area contributed by atoms with Gasteiger partial charge in [0.2, 0.25) is 5.91 Å². The van der Waals surface area contributed by atoms with Gasteiger partial charge in [-0.2, -0.15) is 0 Å². The highest BCUT2D eigenvalue weighted by Gasteiger charge is 2.25. The lowest BCUT2D eigenvalue weighted by molar-refractivity contribution is -0.126. The summed E-state index contributed by atoms with van der Waals surface area (Å²) >= 11 is 0. The molecule has 1 aliphatic rings. The third-order valence-electron chi connectivity index (χ3n) is 3.44. The Morgan fingerprint density at radius 2 is 1.94 bits per heavy atom. The highest BCUT2D eigenvalue weighted by atomic mass is 16.3. The summed E-state index contributed by atoms with van der Waals surface area (Å²) in [6.07, 6.45) is 5.09. The van der Waals surface area contributed by atoms with E-state index in [-0.39, 0.29) is 18.4 Å². The molecule has 0 heterocycles. The summed E-state index contributed by atoms with van der Waals surface area (Å²) in [6.45, 7) is 5.29. The van der Waals surface area contributed by atoms with E-state index in [1.54, 1.807) is 0 Å². The van der Waals surface area contributed by atoms with Gasteiger partial charge in [-0.1, -0.05) is 13.8 Å². The molecule has 0 aliphatic heterocycles. The van der Waals surface area contributed by atoms with Crippen molar-refractivity contribution in [1.82, 2.24) is 5.32 Å². The summed E-state index contributed by atoms with van der Waals surface area (Å²) in [4.78, 5) is 11.8. The molecule has 0 radical (unpaired) electrons. The van der Waals surface area contributed by atoms with Crippen LogP contribution in [0.4, 0.5) is 0 Å². The summed E-state index contributed by atoms with van der Waals surface area (Å²) in [5.41, 5.74) is 0. The van der Waals surface area contributed by atoms with Crippen molar-refractivity contribution < 1.29 is 9.90 Å². The van der Waals surface area contributed by atoms with Crippen molar-refractivity contribution in [2.75, 3.05) is 13.2 Å². The van der Waals surface area contributed by atoms with Crippen molar-refractivity contribution in [3.05, 3.63) is 0 Å². The fraction of sp³-hybridized carbons (Fsp3) is 0.923. The molecule has 3 heteroatoms. The Kier molecular flexibility index (Phi) is 5.81. The molecule has 1 amide bonds. The largest absolute Gasteiger partial charge is 0.396 e. The minimum Gasteiger partial charge on any atom is -0.396 e. The quantitative estimate of drug-likeness (QED) is 0.754. The van der Waals surface area contributed by atoms with Gasteiger partial charge in [0.1, 0.15) is 0 Å². The summed E-state index contributed by atoms with van der Waals surface area (Å²) in [7, 11) is 0. The van der Waals surface area contributed by atoms with E-state index in [1.807, 2.05) is 0 Å². The molecular formula is C13H25NO2. The lowest BCUT2D eigenvalue weighted by Gasteiger charge is -2.27. The Labute approximate surface area is 98.6 Å². The fourth-order valence-electron chi connectivity index (χ4n) is 2.34. The Balaban J connectivity index is 2.22. The average Bonchev–Trinajstić information content (AvgIpc) is 2.27. The molecule has 16 heavy (non-hydrogen) atoms. The summed E-state index contributed by atoms with van der Waals surface area (Å²) < 4.78 is 0. The van der Waals surface area contributed by atoms with E-state index < -0.39 is 0 Å². The Morgan fingerprint density at radius 1 is 1.31 bits per heavy atom. The van der Waals surface area contributed by atoms with Crippen LogP contribution in [-0.4, -0.2) is 24.2 Å². The fourth-order valence-corrected chi connectivity index (χ4v) is 2.34. The van der Waals surface area contributed by atoms with Gasteiger partial charge in [0.05, 0.1) is 0 Å². The van der Waals surface area contributed by atoms with Crippen molar-refractivity contribution in [3.63, 3.8) is 0 Å². The highest BCUT2D eigenvalue weighted by Crippen LogP contribution is 2.30. The van der Waals surface area contributed by atoms with Crippen molar-refractivity contribution in [2.45, 2.75) is 46.0 Å². The Hall–Kier alpha value is -0.570. The maximum atomic E-state index is 11.8. The first kappa shape index (κ1) is 13.5. The molecule has 3 nitrogen and oxygen atoms in total. The first-order valence-electron chi connectivity index (χ1n) is 6.52. The second kappa shape index (κ2) is 6.89. The number of aliphatic hydroxyl groups excluding tert-OH is 1. The number of carbonyl (C=O) groups excluding carboxylic acids is 1. The normalized spacial score (nSPS) is 25.8. The minimum absolute atomic E-state index is 0.216. The predicted octanol–water partition coefficient (Wildman–Crippen LogP) is 1.95. The number of amides is 1. The number of carbonyl (C=O) groups is 1. The molecule has 94 valence electrons. The number of rotatable bonds is 5. The third-order valence-corrected chi connectivity index (χ3v) is 3.44. The van der Waals surface area contributed by atoms with Gasteiger partial charge in [-0.15, -0.1) is 0 Å². The summed E-state index contributed by atoms with van der Waals surface area (Å²) in [5.74, 6) is 1.61. The zero-order valence-electron chi connectivity index (χ0n) is 10.5. The molecule has 1 rings (SSSR count). The molecule has 0 aromatic carbocycles. The molecule has 1 saturated carbocycles. The van der Waals surface area contributed by atoms with E-state index in [0.29, 0.717) is 11.8 Å². The second-order valence-corrected chi connectivity index (χ2v) is 5.37. The monoisotopic (exact) mass is 227 g/mol. The molecule has 2 N–H and O–H groups in total. The maximum absolute atomic E-state index is 11.8. The van der Waals surface area contributed by atoms with Gasteiger partial charge in [-0.3, -0.25) is 4.79 Å². The second-order valence-electron chi connectivity index (χ2n) is 5.37. The molecule has 1 aliphatic carbocycles. The van der Waals surface area contributed by atoms with Crippen LogP contribution in [0.2, 0.25) is 0 Å². The molecule has 0 aromatic rings. The van der Waals surface area contributed by atoms with Gasteiger partial charge in [-0.05, 0) is 43.9 Å². The van der Waals surface area contributed by atoms with E-state index in [1.165, 1.54) is 0 Å². The lowest BCUT2D eigenvalue weighted by atomic mass is 9.80. The molecule has 0 atom stereocenters. The van der Waals surface area contributed by atoms with Gasteiger partial charge in [-0.25, -0.2) is 0 Å². The van der Waals surface area contributed by atoms with E-state index >= 15 is 0 Å². The smallest absolute Gasteiger partial charge is 0.223 e. The third kappa shape index (κ3) is 4.52. The van der Waals surface area contributed by atoms with E-state index in [2.05, 4.69) is 19.2 Å². The first-order chi connectivity index (χ1) is 7.63. The predicted molar refractivity (Wildman–Crippen MR) is 65.0 cm³/mol. The molecule has 0 bridgehead atoms. The number of aliphatic hydroxyl groups is 1. The van der Waals surface area contributed by atoms with Crippen molar-refractivity contribution in [2.24, 2.45) is 17.8 Å². The number of nitrogens with one attached hydrogen (secondary N) is 1. The van der Waals surface area contributed by atoms with Gasteiger partial charge in [0.25, 0.3) is 0 Å². The van der Waals surface area contributed by atoms with Crippen LogP contribution in [0, 0.1) is 17.8 Å². The van der Waals surface area contributed by atoms with Gasteiger partial charge >= 0.3 is 0 Å².